The van der Waals surface area contributed by atoms with Gasteiger partial charge >= 0.3 is 0 Å². The fourth-order valence-electron chi connectivity index (χ4n) is 1.58. The number of hydrogen-bond acceptors (Lipinski definition) is 1. The summed E-state index contributed by atoms with van der Waals surface area (Å²) in [6, 6.07) is 0. The summed E-state index contributed by atoms with van der Waals surface area (Å²) in [6.45, 7) is 7.43. The highest BCUT2D eigenvalue weighted by molar-refractivity contribution is 4.95. The SMILES string of the molecule is C=C=C(CCCCCCCC=C)N(C)C. The molecule has 1 nitrogen and oxygen atoms in total. The Hall–Kier alpha value is -0.940. The second-order valence-corrected chi connectivity index (χ2v) is 4.11. The van der Waals surface area contributed by atoms with Gasteiger partial charge in [0, 0.05) is 14.1 Å². The average Bonchev–Trinajstić information content (AvgIpc) is 2.21. The van der Waals surface area contributed by atoms with Gasteiger partial charge in [0.2, 0.25) is 0 Å². The van der Waals surface area contributed by atoms with E-state index in [1.54, 1.807) is 0 Å². The molecule has 0 radical (unpaired) electrons. The van der Waals surface area contributed by atoms with Crippen molar-refractivity contribution in [3.8, 4) is 0 Å². The molecule has 0 heterocycles. The van der Waals surface area contributed by atoms with E-state index >= 15 is 0 Å². The zero-order valence-corrected chi connectivity index (χ0v) is 10.4. The number of hydrogen-bond donors (Lipinski definition) is 0. The largest absolute Gasteiger partial charge is 0.375 e. The monoisotopic (exact) mass is 207 g/mol. The van der Waals surface area contributed by atoms with Crippen molar-refractivity contribution in [3.63, 3.8) is 0 Å². The van der Waals surface area contributed by atoms with Crippen LogP contribution in [0, 0.1) is 0 Å². The third-order valence-electron chi connectivity index (χ3n) is 2.57. The summed E-state index contributed by atoms with van der Waals surface area (Å²) in [5.41, 5.74) is 4.22. The Morgan fingerprint density at radius 1 is 1.13 bits per heavy atom. The van der Waals surface area contributed by atoms with E-state index < -0.39 is 0 Å². The van der Waals surface area contributed by atoms with Crippen LogP contribution in [0.25, 0.3) is 0 Å². The van der Waals surface area contributed by atoms with Gasteiger partial charge in [0.1, 0.15) is 0 Å². The molecule has 0 aromatic carbocycles. The summed E-state index contributed by atoms with van der Waals surface area (Å²) in [6.07, 6.45) is 10.8. The molecule has 0 bridgehead atoms. The van der Waals surface area contributed by atoms with E-state index in [9.17, 15) is 0 Å². The zero-order chi connectivity index (χ0) is 11.5. The van der Waals surface area contributed by atoms with Crippen LogP contribution in [0.2, 0.25) is 0 Å². The molecular formula is C14H25N. The zero-order valence-electron chi connectivity index (χ0n) is 10.4. The second kappa shape index (κ2) is 9.61. The lowest BCUT2D eigenvalue weighted by Gasteiger charge is -2.14. The molecule has 0 N–H and O–H groups in total. The van der Waals surface area contributed by atoms with Crippen LogP contribution in [0.3, 0.4) is 0 Å². The first-order valence-corrected chi connectivity index (χ1v) is 5.89. The van der Waals surface area contributed by atoms with Crippen molar-refractivity contribution in [3.05, 3.63) is 30.7 Å². The highest BCUT2D eigenvalue weighted by Crippen LogP contribution is 2.12. The molecule has 0 rings (SSSR count). The van der Waals surface area contributed by atoms with Crippen LogP contribution in [-0.2, 0) is 0 Å². The minimum Gasteiger partial charge on any atom is -0.375 e. The van der Waals surface area contributed by atoms with E-state index in [-0.39, 0.29) is 0 Å². The van der Waals surface area contributed by atoms with Crippen LogP contribution in [-0.4, -0.2) is 19.0 Å². The van der Waals surface area contributed by atoms with Gasteiger partial charge in [-0.2, -0.15) is 0 Å². The standard InChI is InChI=1S/C14H25N/c1-5-7-8-9-10-11-12-13-14(6-2)15(3)4/h5H,1-2,7-13H2,3-4H3. The predicted octanol–water partition coefficient (Wildman–Crippen LogP) is 4.13. The molecule has 0 saturated heterocycles. The van der Waals surface area contributed by atoms with Gasteiger partial charge in [-0.1, -0.05) is 31.9 Å². The lowest BCUT2D eigenvalue weighted by atomic mass is 10.1. The molecule has 86 valence electrons. The van der Waals surface area contributed by atoms with Crippen LogP contribution >= 0.6 is 0 Å². The molecule has 0 saturated carbocycles. The fourth-order valence-corrected chi connectivity index (χ4v) is 1.58. The number of nitrogens with zero attached hydrogens (tertiary/aromatic N) is 1. The molecule has 0 atom stereocenters. The average molecular weight is 207 g/mol. The van der Waals surface area contributed by atoms with Crippen molar-refractivity contribution >= 4 is 0 Å². The summed E-state index contributed by atoms with van der Waals surface area (Å²) in [5, 5.41) is 0. The first-order valence-electron chi connectivity index (χ1n) is 5.89. The fraction of sp³-hybridized carbons (Fsp3) is 0.643. The third kappa shape index (κ3) is 8.08. The van der Waals surface area contributed by atoms with Crippen molar-refractivity contribution < 1.29 is 0 Å². The molecular weight excluding hydrogens is 182 g/mol. The maximum Gasteiger partial charge on any atom is 0.0552 e. The van der Waals surface area contributed by atoms with E-state index in [4.69, 9.17) is 0 Å². The first kappa shape index (κ1) is 14.1. The van der Waals surface area contributed by atoms with Gasteiger partial charge in [-0.3, -0.25) is 0 Å². The van der Waals surface area contributed by atoms with Gasteiger partial charge in [0.05, 0.1) is 5.70 Å². The quantitative estimate of drug-likeness (QED) is 0.312. The highest BCUT2D eigenvalue weighted by Gasteiger charge is 1.98. The van der Waals surface area contributed by atoms with Crippen molar-refractivity contribution in [1.29, 1.82) is 0 Å². The molecule has 0 spiro atoms. The summed E-state index contributed by atoms with van der Waals surface area (Å²) in [4.78, 5) is 2.10. The molecule has 0 aromatic rings. The van der Waals surface area contributed by atoms with Gasteiger partial charge in [-0.25, -0.2) is 0 Å². The van der Waals surface area contributed by atoms with Gasteiger partial charge in [-0.15, -0.1) is 12.3 Å². The number of allylic oxidation sites excluding steroid dienone is 2. The summed E-state index contributed by atoms with van der Waals surface area (Å²) >= 11 is 0. The Labute approximate surface area is 95.2 Å². The highest BCUT2D eigenvalue weighted by atomic mass is 15.1. The van der Waals surface area contributed by atoms with Crippen LogP contribution < -0.4 is 0 Å². The van der Waals surface area contributed by atoms with Crippen molar-refractivity contribution in [1.82, 2.24) is 4.90 Å². The lowest BCUT2D eigenvalue weighted by molar-refractivity contribution is 0.474. The van der Waals surface area contributed by atoms with Gasteiger partial charge in [0.15, 0.2) is 0 Å². The number of rotatable bonds is 9. The Morgan fingerprint density at radius 2 is 1.73 bits per heavy atom. The summed E-state index contributed by atoms with van der Waals surface area (Å²) in [7, 11) is 4.11. The Balaban J connectivity index is 3.38. The van der Waals surface area contributed by atoms with E-state index in [1.165, 1.54) is 37.8 Å². The minimum absolute atomic E-state index is 1.11. The smallest absolute Gasteiger partial charge is 0.0552 e. The first-order chi connectivity index (χ1) is 7.22. The number of unbranched alkanes of at least 4 members (excludes halogenated alkanes) is 5. The Bertz CT molecular complexity index is 209. The summed E-state index contributed by atoms with van der Waals surface area (Å²) < 4.78 is 0. The van der Waals surface area contributed by atoms with E-state index in [0.717, 1.165) is 12.8 Å². The minimum atomic E-state index is 1.11. The van der Waals surface area contributed by atoms with Gasteiger partial charge < -0.3 is 4.90 Å². The molecule has 0 aromatic heterocycles. The van der Waals surface area contributed by atoms with Crippen molar-refractivity contribution in [2.75, 3.05) is 14.1 Å². The van der Waals surface area contributed by atoms with Gasteiger partial charge in [0.25, 0.3) is 0 Å². The summed E-state index contributed by atoms with van der Waals surface area (Å²) in [5.74, 6) is 0. The molecule has 0 aliphatic rings. The molecule has 0 aliphatic heterocycles. The molecule has 0 unspecified atom stereocenters. The van der Waals surface area contributed by atoms with Crippen LogP contribution in [0.4, 0.5) is 0 Å². The second-order valence-electron chi connectivity index (χ2n) is 4.11. The third-order valence-corrected chi connectivity index (χ3v) is 2.57. The van der Waals surface area contributed by atoms with E-state index in [1.807, 2.05) is 6.08 Å². The molecule has 0 fully saturated rings. The van der Waals surface area contributed by atoms with Gasteiger partial charge in [-0.05, 0) is 25.7 Å². The van der Waals surface area contributed by atoms with Crippen LogP contribution in [0.1, 0.15) is 44.9 Å². The van der Waals surface area contributed by atoms with E-state index in [0.29, 0.717) is 0 Å². The van der Waals surface area contributed by atoms with Crippen molar-refractivity contribution in [2.24, 2.45) is 0 Å². The Morgan fingerprint density at radius 3 is 2.27 bits per heavy atom. The van der Waals surface area contributed by atoms with E-state index in [2.05, 4.69) is 37.9 Å². The van der Waals surface area contributed by atoms with Crippen molar-refractivity contribution in [2.45, 2.75) is 44.9 Å². The topological polar surface area (TPSA) is 3.24 Å². The molecule has 0 amide bonds. The maximum atomic E-state index is 3.72. The van der Waals surface area contributed by atoms with Crippen LogP contribution in [0.5, 0.6) is 0 Å². The predicted molar refractivity (Wildman–Crippen MR) is 68.9 cm³/mol. The van der Waals surface area contributed by atoms with Crippen LogP contribution in [0.15, 0.2) is 30.7 Å². The molecule has 1 heteroatoms. The Kier molecular flexibility index (Phi) is 9.01. The molecule has 15 heavy (non-hydrogen) atoms. The molecule has 0 aliphatic carbocycles. The maximum absolute atomic E-state index is 3.72. The lowest BCUT2D eigenvalue weighted by Crippen LogP contribution is -2.09. The normalized spacial score (nSPS) is 9.47.